The zero-order chi connectivity index (χ0) is 13.2. The lowest BCUT2D eigenvalue weighted by Gasteiger charge is -2.43. The molecule has 1 aromatic carbocycles. The van der Waals surface area contributed by atoms with Gasteiger partial charge in [-0.25, -0.2) is 0 Å². The molecule has 1 saturated heterocycles. The van der Waals surface area contributed by atoms with Crippen molar-refractivity contribution >= 4 is 5.69 Å². The first-order chi connectivity index (χ1) is 8.53. The molecule has 3 nitrogen and oxygen atoms in total. The first-order valence-corrected chi connectivity index (χ1v) is 6.69. The third-order valence-corrected chi connectivity index (χ3v) is 3.69. The molecule has 1 heterocycles. The van der Waals surface area contributed by atoms with Crippen LogP contribution in [0, 0.1) is 5.41 Å². The van der Waals surface area contributed by atoms with Crippen molar-refractivity contribution in [1.29, 1.82) is 0 Å². The number of nitrogens with zero attached hydrogens (tertiary/aromatic N) is 1. The van der Waals surface area contributed by atoms with Gasteiger partial charge in [0.25, 0.3) is 0 Å². The summed E-state index contributed by atoms with van der Waals surface area (Å²) >= 11 is 0. The maximum absolute atomic E-state index is 9.97. The van der Waals surface area contributed by atoms with Gasteiger partial charge in [0.15, 0.2) is 0 Å². The largest absolute Gasteiger partial charge is 0.494 e. The fraction of sp³-hybridized carbons (Fsp3) is 0.600. The highest BCUT2D eigenvalue weighted by Gasteiger charge is 2.34. The number of hydrogen-bond donors (Lipinski definition) is 1. The highest BCUT2D eigenvalue weighted by atomic mass is 16.5. The summed E-state index contributed by atoms with van der Waals surface area (Å²) in [6.07, 6.45) is 0.636. The van der Waals surface area contributed by atoms with Crippen molar-refractivity contribution in [2.45, 2.75) is 33.3 Å². The van der Waals surface area contributed by atoms with Gasteiger partial charge in [0.05, 0.1) is 12.7 Å². The summed E-state index contributed by atoms with van der Waals surface area (Å²) in [6.45, 7) is 8.74. The second-order valence-corrected chi connectivity index (χ2v) is 5.64. The number of aliphatic hydroxyl groups is 1. The maximum atomic E-state index is 9.97. The quantitative estimate of drug-likeness (QED) is 0.894. The third-order valence-electron chi connectivity index (χ3n) is 3.69. The highest BCUT2D eigenvalue weighted by molar-refractivity contribution is 5.49. The minimum absolute atomic E-state index is 0.0448. The van der Waals surface area contributed by atoms with E-state index in [9.17, 15) is 5.11 Å². The molecule has 2 rings (SSSR count). The van der Waals surface area contributed by atoms with Gasteiger partial charge < -0.3 is 14.7 Å². The molecule has 0 aromatic heterocycles. The Kier molecular flexibility index (Phi) is 3.81. The van der Waals surface area contributed by atoms with Crippen LogP contribution < -0.4 is 9.64 Å². The Balaban J connectivity index is 2.08. The van der Waals surface area contributed by atoms with Crippen molar-refractivity contribution in [2.75, 3.05) is 24.6 Å². The van der Waals surface area contributed by atoms with E-state index in [1.807, 2.05) is 19.1 Å². The van der Waals surface area contributed by atoms with Crippen molar-refractivity contribution in [2.24, 2.45) is 5.41 Å². The van der Waals surface area contributed by atoms with E-state index in [0.29, 0.717) is 6.61 Å². The number of piperidine rings is 1. The van der Waals surface area contributed by atoms with Crippen molar-refractivity contribution in [3.63, 3.8) is 0 Å². The summed E-state index contributed by atoms with van der Waals surface area (Å²) in [5.74, 6) is 0.914. The van der Waals surface area contributed by atoms with E-state index in [4.69, 9.17) is 4.74 Å². The molecule has 18 heavy (non-hydrogen) atoms. The molecule has 1 N–H and O–H groups in total. The molecule has 3 heteroatoms. The highest BCUT2D eigenvalue weighted by Crippen LogP contribution is 2.32. The zero-order valence-corrected chi connectivity index (χ0v) is 11.5. The summed E-state index contributed by atoms with van der Waals surface area (Å²) in [5.41, 5.74) is 1.16. The lowest BCUT2D eigenvalue weighted by Crippen LogP contribution is -2.48. The minimum atomic E-state index is -0.198. The van der Waals surface area contributed by atoms with Gasteiger partial charge in [0, 0.05) is 24.2 Å². The number of ether oxygens (including phenoxy) is 1. The van der Waals surface area contributed by atoms with E-state index in [0.717, 1.165) is 25.3 Å². The van der Waals surface area contributed by atoms with Crippen LogP contribution in [0.15, 0.2) is 24.3 Å². The SMILES string of the molecule is CCOc1ccc(N2CCC(O)C(C)(C)C2)cc1. The van der Waals surface area contributed by atoms with E-state index in [-0.39, 0.29) is 11.5 Å². The van der Waals surface area contributed by atoms with Crippen LogP contribution in [0.4, 0.5) is 5.69 Å². The number of hydrogen-bond acceptors (Lipinski definition) is 3. The minimum Gasteiger partial charge on any atom is -0.494 e. The second-order valence-electron chi connectivity index (χ2n) is 5.64. The summed E-state index contributed by atoms with van der Waals surface area (Å²) in [4.78, 5) is 2.34. The molecule has 100 valence electrons. The van der Waals surface area contributed by atoms with Gasteiger partial charge in [-0.3, -0.25) is 0 Å². The molecule has 0 spiro atoms. The maximum Gasteiger partial charge on any atom is 0.119 e. The summed E-state index contributed by atoms with van der Waals surface area (Å²) < 4.78 is 5.45. The lowest BCUT2D eigenvalue weighted by molar-refractivity contribution is 0.0336. The van der Waals surface area contributed by atoms with Gasteiger partial charge in [-0.15, -0.1) is 0 Å². The molecule has 1 aliphatic heterocycles. The molecular formula is C15H23NO2. The van der Waals surface area contributed by atoms with Crippen LogP contribution in [0.5, 0.6) is 5.75 Å². The van der Waals surface area contributed by atoms with Crippen LogP contribution in [-0.2, 0) is 0 Å². The molecule has 1 aliphatic rings. The monoisotopic (exact) mass is 249 g/mol. The number of aliphatic hydroxyl groups excluding tert-OH is 1. The van der Waals surface area contributed by atoms with E-state index in [1.165, 1.54) is 5.69 Å². The number of benzene rings is 1. The van der Waals surface area contributed by atoms with Crippen LogP contribution >= 0.6 is 0 Å². The van der Waals surface area contributed by atoms with Gasteiger partial charge in [-0.05, 0) is 37.6 Å². The Hall–Kier alpha value is -1.22. The lowest BCUT2D eigenvalue weighted by atomic mass is 9.81. The first kappa shape index (κ1) is 13.2. The number of anilines is 1. The van der Waals surface area contributed by atoms with Crippen molar-refractivity contribution in [3.05, 3.63) is 24.3 Å². The standard InChI is InChI=1S/C15H23NO2/c1-4-18-13-7-5-12(6-8-13)16-10-9-14(17)15(2,3)11-16/h5-8,14,17H,4,9-11H2,1-3H3. The van der Waals surface area contributed by atoms with Crippen LogP contribution in [0.25, 0.3) is 0 Å². The fourth-order valence-electron chi connectivity index (χ4n) is 2.49. The van der Waals surface area contributed by atoms with E-state index in [1.54, 1.807) is 0 Å². The molecule has 1 fully saturated rings. The van der Waals surface area contributed by atoms with Gasteiger partial charge in [0.1, 0.15) is 5.75 Å². The van der Waals surface area contributed by atoms with Gasteiger partial charge in [-0.1, -0.05) is 13.8 Å². The van der Waals surface area contributed by atoms with Crippen LogP contribution in [0.2, 0.25) is 0 Å². The molecule has 0 radical (unpaired) electrons. The summed E-state index contributed by atoms with van der Waals surface area (Å²) in [7, 11) is 0. The van der Waals surface area contributed by atoms with Crippen molar-refractivity contribution in [1.82, 2.24) is 0 Å². The molecule has 0 aliphatic carbocycles. The Morgan fingerprint density at radius 3 is 2.56 bits per heavy atom. The van der Waals surface area contributed by atoms with Crippen LogP contribution in [0.3, 0.4) is 0 Å². The van der Waals surface area contributed by atoms with Crippen LogP contribution in [-0.4, -0.2) is 30.9 Å². The van der Waals surface area contributed by atoms with Crippen molar-refractivity contribution < 1.29 is 9.84 Å². The predicted molar refractivity (Wildman–Crippen MR) is 74.2 cm³/mol. The summed E-state index contributed by atoms with van der Waals surface area (Å²) in [6, 6.07) is 8.21. The average molecular weight is 249 g/mol. The topological polar surface area (TPSA) is 32.7 Å². The molecule has 1 atom stereocenters. The van der Waals surface area contributed by atoms with Gasteiger partial charge in [-0.2, -0.15) is 0 Å². The van der Waals surface area contributed by atoms with Gasteiger partial charge in [0.2, 0.25) is 0 Å². The van der Waals surface area contributed by atoms with E-state index >= 15 is 0 Å². The summed E-state index contributed by atoms with van der Waals surface area (Å²) in [5, 5.41) is 9.97. The third kappa shape index (κ3) is 2.78. The van der Waals surface area contributed by atoms with Gasteiger partial charge >= 0.3 is 0 Å². The molecule has 0 saturated carbocycles. The second kappa shape index (κ2) is 5.19. The normalized spacial score (nSPS) is 22.9. The average Bonchev–Trinajstić information content (AvgIpc) is 2.34. The van der Waals surface area contributed by atoms with Crippen LogP contribution in [0.1, 0.15) is 27.2 Å². The molecular weight excluding hydrogens is 226 g/mol. The molecule has 0 amide bonds. The van der Waals surface area contributed by atoms with E-state index < -0.39 is 0 Å². The predicted octanol–water partition coefficient (Wildman–Crippen LogP) is 2.68. The Morgan fingerprint density at radius 2 is 2.00 bits per heavy atom. The van der Waals surface area contributed by atoms with E-state index in [2.05, 4.69) is 30.9 Å². The zero-order valence-electron chi connectivity index (χ0n) is 11.5. The Bertz CT molecular complexity index is 386. The molecule has 1 unspecified atom stereocenters. The molecule has 1 aromatic rings. The Labute approximate surface area is 109 Å². The first-order valence-electron chi connectivity index (χ1n) is 6.69. The van der Waals surface area contributed by atoms with Crippen molar-refractivity contribution in [3.8, 4) is 5.75 Å². The smallest absolute Gasteiger partial charge is 0.119 e. The number of rotatable bonds is 3. The molecule has 0 bridgehead atoms. The fourth-order valence-corrected chi connectivity index (χ4v) is 2.49. The Morgan fingerprint density at radius 1 is 1.33 bits per heavy atom.